The molecule has 6 nitrogen and oxygen atoms in total. The molecule has 1 N–H and O–H groups in total. The number of hydrogen-bond acceptors (Lipinski definition) is 4. The van der Waals surface area contributed by atoms with Crippen LogP contribution in [-0.2, 0) is 4.79 Å². The number of amides is 1. The summed E-state index contributed by atoms with van der Waals surface area (Å²) in [6, 6.07) is 7.17. The Morgan fingerprint density at radius 3 is 3.04 bits per heavy atom. The van der Waals surface area contributed by atoms with Crippen LogP contribution in [0.3, 0.4) is 0 Å². The number of nitrogens with one attached hydrogen (secondary N) is 1. The van der Waals surface area contributed by atoms with Gasteiger partial charge in [-0.1, -0.05) is 6.07 Å². The minimum Gasteiger partial charge on any atom is -0.349 e. The molecule has 0 unspecified atom stereocenters. The van der Waals surface area contributed by atoms with Crippen LogP contribution >= 0.6 is 15.9 Å². The number of rotatable bonds is 4. The van der Waals surface area contributed by atoms with Gasteiger partial charge in [0.15, 0.2) is 5.65 Å². The van der Waals surface area contributed by atoms with E-state index in [1.54, 1.807) is 10.7 Å². The second-order valence-corrected chi connectivity index (χ2v) is 6.75. The molecular formula is C17H15BrFN5O. The lowest BCUT2D eigenvalue weighted by atomic mass is 10.0. The highest BCUT2D eigenvalue weighted by Gasteiger charge is 2.28. The zero-order valence-corrected chi connectivity index (χ0v) is 14.8. The van der Waals surface area contributed by atoms with Crippen LogP contribution in [0.5, 0.6) is 0 Å². The van der Waals surface area contributed by atoms with E-state index in [1.165, 1.54) is 6.07 Å². The monoisotopic (exact) mass is 403 g/mol. The van der Waals surface area contributed by atoms with Gasteiger partial charge in [-0.05, 0) is 52.5 Å². The third-order valence-corrected chi connectivity index (χ3v) is 5.05. The summed E-state index contributed by atoms with van der Waals surface area (Å²) >= 11 is 3.26. The normalized spacial score (nSPS) is 17.2. The molecule has 0 spiro atoms. The number of anilines is 2. The van der Waals surface area contributed by atoms with Crippen molar-refractivity contribution in [2.45, 2.75) is 18.9 Å². The average Bonchev–Trinajstić information content (AvgIpc) is 3.25. The van der Waals surface area contributed by atoms with E-state index in [0.29, 0.717) is 22.2 Å². The Morgan fingerprint density at radius 1 is 1.36 bits per heavy atom. The van der Waals surface area contributed by atoms with Gasteiger partial charge in [0.2, 0.25) is 6.41 Å². The molecule has 25 heavy (non-hydrogen) atoms. The summed E-state index contributed by atoms with van der Waals surface area (Å²) in [6.07, 6.45) is 6.01. The summed E-state index contributed by atoms with van der Waals surface area (Å²) in [4.78, 5) is 17.6. The Labute approximate surface area is 151 Å². The third-order valence-electron chi connectivity index (χ3n) is 4.44. The summed E-state index contributed by atoms with van der Waals surface area (Å²) in [6.45, 7) is 0.868. The first kappa shape index (κ1) is 16.0. The van der Waals surface area contributed by atoms with Crippen molar-refractivity contribution in [3.63, 3.8) is 0 Å². The maximum absolute atomic E-state index is 13.5. The summed E-state index contributed by atoms with van der Waals surface area (Å²) in [5.41, 5.74) is 2.21. The molecule has 1 amide bonds. The second-order valence-electron chi connectivity index (χ2n) is 5.90. The van der Waals surface area contributed by atoms with Crippen LogP contribution in [0.2, 0.25) is 0 Å². The summed E-state index contributed by atoms with van der Waals surface area (Å²) < 4.78 is 15.6. The van der Waals surface area contributed by atoms with Crippen LogP contribution < -0.4 is 10.2 Å². The van der Waals surface area contributed by atoms with E-state index in [1.807, 2.05) is 24.4 Å². The lowest BCUT2D eigenvalue weighted by Gasteiger charge is -2.26. The van der Waals surface area contributed by atoms with Gasteiger partial charge < -0.3 is 10.2 Å². The molecule has 1 aliphatic rings. The number of carbonyl (C=O) groups excluding carboxylic acids is 1. The minimum atomic E-state index is -0.267. The van der Waals surface area contributed by atoms with Gasteiger partial charge in [-0.25, -0.2) is 13.9 Å². The Morgan fingerprint density at radius 2 is 2.24 bits per heavy atom. The van der Waals surface area contributed by atoms with Gasteiger partial charge in [-0.2, -0.15) is 5.10 Å². The number of carbonyl (C=O) groups is 1. The van der Waals surface area contributed by atoms with Crippen molar-refractivity contribution in [3.05, 3.63) is 52.5 Å². The van der Waals surface area contributed by atoms with E-state index in [4.69, 9.17) is 0 Å². The maximum Gasteiger partial charge on any atom is 0.211 e. The van der Waals surface area contributed by atoms with Crippen LogP contribution in [0.4, 0.5) is 15.9 Å². The largest absolute Gasteiger partial charge is 0.349 e. The van der Waals surface area contributed by atoms with Crippen LogP contribution in [0.1, 0.15) is 24.4 Å². The number of aromatic nitrogens is 3. The molecule has 1 fully saturated rings. The van der Waals surface area contributed by atoms with Crippen LogP contribution in [0, 0.1) is 5.82 Å². The molecule has 3 heterocycles. The first-order valence-electron chi connectivity index (χ1n) is 7.93. The molecule has 1 atom stereocenters. The Bertz CT molecular complexity index is 944. The number of fused-ring (bicyclic) bond motifs is 1. The van der Waals surface area contributed by atoms with Crippen molar-refractivity contribution in [1.29, 1.82) is 0 Å². The van der Waals surface area contributed by atoms with E-state index >= 15 is 0 Å². The summed E-state index contributed by atoms with van der Waals surface area (Å²) in [5.74, 6) is 0.543. The highest BCUT2D eigenvalue weighted by atomic mass is 79.9. The predicted molar refractivity (Wildman–Crippen MR) is 96.1 cm³/mol. The number of benzene rings is 1. The lowest BCUT2D eigenvalue weighted by molar-refractivity contribution is -0.105. The Balaban J connectivity index is 1.72. The fourth-order valence-electron chi connectivity index (χ4n) is 3.29. The van der Waals surface area contributed by atoms with Gasteiger partial charge in [-0.3, -0.25) is 4.79 Å². The highest BCUT2D eigenvalue weighted by Crippen LogP contribution is 2.36. The number of halogens is 2. The van der Waals surface area contributed by atoms with E-state index in [9.17, 15) is 9.18 Å². The van der Waals surface area contributed by atoms with Crippen molar-refractivity contribution in [2.75, 3.05) is 16.8 Å². The quantitative estimate of drug-likeness (QED) is 0.676. The fourth-order valence-corrected chi connectivity index (χ4v) is 3.69. The molecule has 1 aliphatic heterocycles. The topological polar surface area (TPSA) is 62.5 Å². The van der Waals surface area contributed by atoms with Gasteiger partial charge in [-0.15, -0.1) is 0 Å². The zero-order chi connectivity index (χ0) is 17.4. The van der Waals surface area contributed by atoms with Crippen molar-refractivity contribution in [2.24, 2.45) is 0 Å². The van der Waals surface area contributed by atoms with E-state index in [0.717, 1.165) is 30.8 Å². The third kappa shape index (κ3) is 2.86. The molecule has 0 bridgehead atoms. The Hall–Kier alpha value is -2.48. The van der Waals surface area contributed by atoms with Gasteiger partial charge in [0.25, 0.3) is 0 Å². The minimum absolute atomic E-state index is 0.136. The highest BCUT2D eigenvalue weighted by molar-refractivity contribution is 9.10. The molecule has 1 saturated heterocycles. The smallest absolute Gasteiger partial charge is 0.211 e. The van der Waals surface area contributed by atoms with Crippen molar-refractivity contribution >= 4 is 39.5 Å². The van der Waals surface area contributed by atoms with Gasteiger partial charge in [0.05, 0.1) is 16.7 Å². The average molecular weight is 404 g/mol. The van der Waals surface area contributed by atoms with E-state index < -0.39 is 0 Å². The first-order valence-corrected chi connectivity index (χ1v) is 8.73. The van der Waals surface area contributed by atoms with E-state index in [2.05, 4.69) is 36.2 Å². The molecule has 0 aliphatic carbocycles. The van der Waals surface area contributed by atoms with Crippen LogP contribution in [0.15, 0.2) is 41.1 Å². The molecule has 0 saturated carbocycles. The van der Waals surface area contributed by atoms with E-state index in [-0.39, 0.29) is 11.9 Å². The SMILES string of the molecule is O=CNc1cnn2ccc(N3CCC[C@@H]3c3ccc(F)c(Br)c3)nc12. The van der Waals surface area contributed by atoms with Crippen molar-refractivity contribution < 1.29 is 9.18 Å². The first-order chi connectivity index (χ1) is 12.2. The fraction of sp³-hybridized carbons (Fsp3) is 0.235. The second kappa shape index (κ2) is 6.44. The molecule has 2 aromatic heterocycles. The predicted octanol–water partition coefficient (Wildman–Crippen LogP) is 3.54. The standard InChI is InChI=1S/C17H15BrFN5O/c18-12-8-11(3-4-13(12)19)15-2-1-6-23(15)16-5-7-24-17(22-16)14(9-21-24)20-10-25/h3-5,7-10,15H,1-2,6H2,(H,20,25)/t15-/m1/s1. The molecule has 128 valence electrons. The molecular weight excluding hydrogens is 389 g/mol. The van der Waals surface area contributed by atoms with Crippen LogP contribution in [0.25, 0.3) is 5.65 Å². The van der Waals surface area contributed by atoms with Gasteiger partial charge in [0, 0.05) is 12.7 Å². The Kier molecular flexibility index (Phi) is 4.12. The summed E-state index contributed by atoms with van der Waals surface area (Å²) in [7, 11) is 0. The van der Waals surface area contributed by atoms with Crippen molar-refractivity contribution in [3.8, 4) is 0 Å². The molecule has 8 heteroatoms. The number of nitrogens with zero attached hydrogens (tertiary/aromatic N) is 4. The molecule has 3 aromatic rings. The maximum atomic E-state index is 13.5. The van der Waals surface area contributed by atoms with Crippen molar-refractivity contribution in [1.82, 2.24) is 14.6 Å². The van der Waals surface area contributed by atoms with Gasteiger partial charge in [0.1, 0.15) is 17.3 Å². The molecule has 4 rings (SSSR count). The van der Waals surface area contributed by atoms with Crippen LogP contribution in [-0.4, -0.2) is 27.6 Å². The number of hydrogen-bond donors (Lipinski definition) is 1. The van der Waals surface area contributed by atoms with Gasteiger partial charge >= 0.3 is 0 Å². The molecule has 1 aromatic carbocycles. The zero-order valence-electron chi connectivity index (χ0n) is 13.2. The molecule has 0 radical (unpaired) electrons. The summed E-state index contributed by atoms with van der Waals surface area (Å²) in [5, 5.41) is 6.78. The lowest BCUT2D eigenvalue weighted by Crippen LogP contribution is -2.23.